The van der Waals surface area contributed by atoms with E-state index in [0.717, 1.165) is 10.7 Å². The van der Waals surface area contributed by atoms with Gasteiger partial charge in [-0.05, 0) is 30.3 Å². The van der Waals surface area contributed by atoms with E-state index in [2.05, 4.69) is 31.3 Å². The Labute approximate surface area is 145 Å². The summed E-state index contributed by atoms with van der Waals surface area (Å²) in [4.78, 5) is 16.2. The van der Waals surface area contributed by atoms with Crippen LogP contribution >= 0.6 is 15.9 Å². The Bertz CT molecular complexity index is 996. The molecule has 0 radical (unpaired) electrons. The van der Waals surface area contributed by atoms with Crippen LogP contribution in [0, 0.1) is 0 Å². The molecule has 0 unspecified atom stereocenters. The van der Waals surface area contributed by atoms with Gasteiger partial charge in [-0.2, -0.15) is 5.10 Å². The van der Waals surface area contributed by atoms with Crippen LogP contribution in [0.1, 0.15) is 10.6 Å². The Morgan fingerprint density at radius 1 is 1.29 bits per heavy atom. The van der Waals surface area contributed by atoms with E-state index in [1.165, 1.54) is 29.5 Å². The van der Waals surface area contributed by atoms with Gasteiger partial charge in [0.2, 0.25) is 14.9 Å². The summed E-state index contributed by atoms with van der Waals surface area (Å²) in [7, 11) is -3.52. The van der Waals surface area contributed by atoms with Crippen molar-refractivity contribution in [1.82, 2.24) is 14.8 Å². The van der Waals surface area contributed by atoms with Crippen molar-refractivity contribution < 1.29 is 17.6 Å². The second-order valence-electron chi connectivity index (χ2n) is 4.85. The smallest absolute Gasteiger partial charge is 0.291 e. The molecule has 0 aliphatic heterocycles. The molecular weight excluding hydrogens is 400 g/mol. The molecule has 2 aromatic heterocycles. The van der Waals surface area contributed by atoms with Gasteiger partial charge in [0.15, 0.2) is 5.76 Å². The molecular formula is C14H11BrN4O4S. The van der Waals surface area contributed by atoms with Gasteiger partial charge in [-0.1, -0.05) is 15.9 Å². The van der Waals surface area contributed by atoms with Gasteiger partial charge in [-0.15, -0.1) is 0 Å². The number of anilines is 1. The minimum atomic E-state index is -3.52. The zero-order chi connectivity index (χ0) is 17.3. The molecule has 0 aliphatic carbocycles. The highest BCUT2D eigenvalue weighted by Gasteiger charge is 2.18. The van der Waals surface area contributed by atoms with Crippen LogP contribution in [0.3, 0.4) is 0 Å². The summed E-state index contributed by atoms with van der Waals surface area (Å²) in [5, 5.41) is 6.44. The van der Waals surface area contributed by atoms with Crippen LogP contribution in [0.25, 0.3) is 5.69 Å². The molecule has 1 amide bonds. The number of amides is 1. The van der Waals surface area contributed by atoms with Crippen LogP contribution in [-0.4, -0.2) is 35.3 Å². The van der Waals surface area contributed by atoms with Crippen LogP contribution in [0.2, 0.25) is 0 Å². The van der Waals surface area contributed by atoms with Crippen LogP contribution in [0.15, 0.2) is 57.0 Å². The molecule has 0 aliphatic rings. The summed E-state index contributed by atoms with van der Waals surface area (Å²) in [6.45, 7) is 0. The molecule has 1 N–H and O–H groups in total. The molecule has 3 rings (SSSR count). The first-order valence-electron chi connectivity index (χ1n) is 6.60. The Morgan fingerprint density at radius 2 is 2.08 bits per heavy atom. The number of nitrogens with one attached hydrogen (secondary N) is 1. The number of rotatable bonds is 4. The second kappa shape index (κ2) is 6.21. The van der Waals surface area contributed by atoms with E-state index < -0.39 is 15.7 Å². The lowest BCUT2D eigenvalue weighted by Crippen LogP contribution is -2.13. The summed E-state index contributed by atoms with van der Waals surface area (Å²) in [5.74, 6) is -0.690. The highest BCUT2D eigenvalue weighted by Crippen LogP contribution is 2.25. The Balaban J connectivity index is 1.92. The minimum absolute atomic E-state index is 0.111. The first-order chi connectivity index (χ1) is 11.3. The molecule has 2 heterocycles. The van der Waals surface area contributed by atoms with Crippen molar-refractivity contribution in [3.8, 4) is 5.69 Å². The first kappa shape index (κ1) is 16.4. The average Bonchev–Trinajstić information content (AvgIpc) is 3.18. The number of halogens is 1. The summed E-state index contributed by atoms with van der Waals surface area (Å²) >= 11 is 3.34. The number of nitrogens with zero attached hydrogens (tertiary/aromatic N) is 3. The van der Waals surface area contributed by atoms with Crippen LogP contribution in [-0.2, 0) is 9.84 Å². The van der Waals surface area contributed by atoms with Gasteiger partial charge in [0.25, 0.3) is 5.91 Å². The molecule has 3 aromatic rings. The van der Waals surface area contributed by atoms with E-state index in [4.69, 9.17) is 4.42 Å². The predicted octanol–water partition coefficient (Wildman–Crippen LogP) is 2.28. The fourth-order valence-electron chi connectivity index (χ4n) is 1.97. The molecule has 10 heteroatoms. The quantitative estimate of drug-likeness (QED) is 0.706. The third kappa shape index (κ3) is 3.39. The monoisotopic (exact) mass is 410 g/mol. The van der Waals surface area contributed by atoms with Crippen molar-refractivity contribution in [2.45, 2.75) is 5.09 Å². The normalized spacial score (nSPS) is 11.4. The fourth-order valence-corrected chi connectivity index (χ4v) is 2.88. The van der Waals surface area contributed by atoms with Crippen LogP contribution in [0.4, 0.5) is 5.69 Å². The van der Waals surface area contributed by atoms with Crippen molar-refractivity contribution in [2.24, 2.45) is 0 Å². The zero-order valence-corrected chi connectivity index (χ0v) is 14.7. The van der Waals surface area contributed by atoms with Crippen molar-refractivity contribution in [2.75, 3.05) is 11.6 Å². The molecule has 24 heavy (non-hydrogen) atoms. The highest BCUT2D eigenvalue weighted by molar-refractivity contribution is 9.10. The summed E-state index contributed by atoms with van der Waals surface area (Å²) in [6, 6.07) is 7.78. The van der Waals surface area contributed by atoms with Crippen molar-refractivity contribution in [3.05, 3.63) is 53.2 Å². The highest BCUT2D eigenvalue weighted by atomic mass is 79.9. The molecule has 0 spiro atoms. The van der Waals surface area contributed by atoms with E-state index in [1.54, 1.807) is 18.2 Å². The van der Waals surface area contributed by atoms with Gasteiger partial charge in [0, 0.05) is 10.7 Å². The lowest BCUT2D eigenvalue weighted by molar-refractivity contribution is 0.0991. The maximum Gasteiger partial charge on any atom is 0.291 e. The van der Waals surface area contributed by atoms with Gasteiger partial charge in [0.05, 0.1) is 11.4 Å². The molecule has 0 saturated heterocycles. The summed E-state index contributed by atoms with van der Waals surface area (Å²) in [6.07, 6.45) is 3.87. The SMILES string of the molecule is CS(=O)(=O)c1ccc(C(=O)Nc2cc(Br)ccc2-n2cncn2)o1. The average molecular weight is 411 g/mol. The van der Waals surface area contributed by atoms with Crippen molar-refractivity contribution in [3.63, 3.8) is 0 Å². The lowest BCUT2D eigenvalue weighted by Gasteiger charge is -2.10. The van der Waals surface area contributed by atoms with E-state index in [-0.39, 0.29) is 10.9 Å². The van der Waals surface area contributed by atoms with E-state index >= 15 is 0 Å². The van der Waals surface area contributed by atoms with Crippen LogP contribution < -0.4 is 5.32 Å². The van der Waals surface area contributed by atoms with E-state index in [1.807, 2.05) is 0 Å². The number of benzene rings is 1. The second-order valence-corrected chi connectivity index (χ2v) is 7.71. The van der Waals surface area contributed by atoms with Crippen molar-refractivity contribution in [1.29, 1.82) is 0 Å². The third-order valence-corrected chi connectivity index (χ3v) is 4.49. The van der Waals surface area contributed by atoms with Gasteiger partial charge < -0.3 is 9.73 Å². The first-order valence-corrected chi connectivity index (χ1v) is 9.29. The van der Waals surface area contributed by atoms with Crippen molar-refractivity contribution >= 4 is 37.4 Å². The Morgan fingerprint density at radius 3 is 2.71 bits per heavy atom. The number of hydrogen-bond donors (Lipinski definition) is 1. The van der Waals surface area contributed by atoms with E-state index in [9.17, 15) is 13.2 Å². The minimum Gasteiger partial charge on any atom is -0.440 e. The molecule has 124 valence electrons. The predicted molar refractivity (Wildman–Crippen MR) is 88.8 cm³/mol. The molecule has 1 aromatic carbocycles. The van der Waals surface area contributed by atoms with E-state index in [0.29, 0.717) is 11.4 Å². The topological polar surface area (TPSA) is 107 Å². The Hall–Kier alpha value is -2.46. The summed E-state index contributed by atoms with van der Waals surface area (Å²) < 4.78 is 30.2. The third-order valence-electron chi connectivity index (χ3n) is 3.04. The number of hydrogen-bond acceptors (Lipinski definition) is 6. The number of carbonyl (C=O) groups is 1. The lowest BCUT2D eigenvalue weighted by atomic mass is 10.2. The van der Waals surface area contributed by atoms with Gasteiger partial charge in [0.1, 0.15) is 12.7 Å². The largest absolute Gasteiger partial charge is 0.440 e. The Kier molecular flexibility index (Phi) is 4.24. The van der Waals surface area contributed by atoms with Crippen LogP contribution in [0.5, 0.6) is 0 Å². The number of furan rings is 1. The maximum absolute atomic E-state index is 12.3. The molecule has 0 atom stereocenters. The maximum atomic E-state index is 12.3. The standard InChI is InChI=1S/C14H11BrN4O4S/c1-24(21,22)13-5-4-12(23-13)14(20)18-10-6-9(15)2-3-11(10)19-8-16-7-17-19/h2-8H,1H3,(H,18,20). The molecule has 0 fully saturated rings. The fraction of sp³-hybridized carbons (Fsp3) is 0.0714. The molecule has 0 saturated carbocycles. The molecule has 0 bridgehead atoms. The number of carbonyl (C=O) groups excluding carboxylic acids is 1. The van der Waals surface area contributed by atoms with Gasteiger partial charge >= 0.3 is 0 Å². The van der Waals surface area contributed by atoms with Gasteiger partial charge in [-0.25, -0.2) is 18.1 Å². The molecule has 8 nitrogen and oxygen atoms in total. The summed E-state index contributed by atoms with van der Waals surface area (Å²) in [5.41, 5.74) is 1.05. The van der Waals surface area contributed by atoms with Gasteiger partial charge in [-0.3, -0.25) is 4.79 Å². The number of aromatic nitrogens is 3. The number of sulfone groups is 1. The zero-order valence-electron chi connectivity index (χ0n) is 12.3.